The normalized spacial score (nSPS) is 13.6. The van der Waals surface area contributed by atoms with Crippen LogP contribution in [-0.2, 0) is 16.2 Å². The summed E-state index contributed by atoms with van der Waals surface area (Å²) >= 11 is 0. The lowest BCUT2D eigenvalue weighted by molar-refractivity contribution is 0.596. The molecule has 8 rings (SSSR count). The van der Waals surface area contributed by atoms with Crippen molar-refractivity contribution in [2.75, 3.05) is 24.7 Å². The Morgan fingerprint density at radius 3 is 1.75 bits per heavy atom. The summed E-state index contributed by atoms with van der Waals surface area (Å²) in [5.41, 5.74) is 15.1. The molecule has 0 saturated carbocycles. The lowest BCUT2D eigenvalue weighted by atomic mass is 9.60. The molecule has 0 aliphatic heterocycles. The number of anilines is 2. The van der Waals surface area contributed by atoms with Gasteiger partial charge in [-0.2, -0.15) is 0 Å². The summed E-state index contributed by atoms with van der Waals surface area (Å²) in [6.45, 7) is 39.6. The van der Waals surface area contributed by atoms with Gasteiger partial charge in [-0.25, -0.2) is 0 Å². The molecule has 67 heavy (non-hydrogen) atoms. The molecule has 7 aromatic carbocycles. The molecule has 0 unspecified atom stereocenters. The van der Waals surface area contributed by atoms with Gasteiger partial charge in [0.25, 0.3) is 0 Å². The summed E-state index contributed by atoms with van der Waals surface area (Å²) in [6.07, 6.45) is 10.4. The fourth-order valence-electron chi connectivity index (χ4n) is 9.26. The second kappa shape index (κ2) is 22.1. The SMILES string of the molecule is C=C/C=C(\C=C/c1cccc2ccccc12)c1cc(C(C)(C)C(=C)C=C)c2c(c1)C(C)(C)c1cc(-c3ccccc3)cc(c1NC)C(C)(C)C2=C.CC.CC.CNc1cccc2ccccc12. The summed E-state index contributed by atoms with van der Waals surface area (Å²) in [7, 11) is 3.99. The van der Waals surface area contributed by atoms with Crippen LogP contribution in [0.2, 0.25) is 0 Å². The fourth-order valence-corrected chi connectivity index (χ4v) is 9.26. The van der Waals surface area contributed by atoms with Crippen LogP contribution >= 0.6 is 0 Å². The molecule has 0 amide bonds. The molecule has 7 aromatic rings. The monoisotopic (exact) mass is 883 g/mol. The number of nitrogens with one attached hydrogen (secondary N) is 2. The molecule has 0 fully saturated rings. The molecule has 0 saturated heterocycles. The molecule has 0 heterocycles. The van der Waals surface area contributed by atoms with Gasteiger partial charge in [0.05, 0.1) is 0 Å². The zero-order valence-electron chi connectivity index (χ0n) is 42.5. The minimum absolute atomic E-state index is 0.404. The van der Waals surface area contributed by atoms with E-state index in [1.165, 1.54) is 71.7 Å². The van der Waals surface area contributed by atoms with Crippen molar-refractivity contribution in [3.05, 3.63) is 235 Å². The van der Waals surface area contributed by atoms with E-state index in [0.717, 1.165) is 28.0 Å². The maximum absolute atomic E-state index is 4.95. The molecule has 2 N–H and O–H groups in total. The van der Waals surface area contributed by atoms with Crippen LogP contribution in [0.15, 0.2) is 196 Å². The van der Waals surface area contributed by atoms with Crippen molar-refractivity contribution in [1.29, 1.82) is 0 Å². The molecule has 344 valence electrons. The number of fused-ring (bicyclic) bond motifs is 5. The molecular weight excluding hydrogens is 809 g/mol. The second-order valence-electron chi connectivity index (χ2n) is 18.1. The Balaban J connectivity index is 0.000000446. The Morgan fingerprint density at radius 2 is 1.15 bits per heavy atom. The first kappa shape index (κ1) is 51.1. The lowest BCUT2D eigenvalue weighted by Gasteiger charge is -2.44. The highest BCUT2D eigenvalue weighted by molar-refractivity contribution is 5.95. The molecule has 0 radical (unpaired) electrons. The van der Waals surface area contributed by atoms with Crippen LogP contribution in [0.25, 0.3) is 49.9 Å². The smallest absolute Gasteiger partial charge is 0.0421 e. The molecule has 2 heteroatoms. The molecule has 2 bridgehead atoms. The van der Waals surface area contributed by atoms with Gasteiger partial charge < -0.3 is 10.6 Å². The standard InChI is InChI=1S/C50H51N.C11H11N.2C2H6/c1-12-20-35(27-28-38-25-19-24-37-23-17-18-26-41(37)38)39-29-42(48(5,6)33(3)13-2)46-34(4)49(7,8)44-31-40(36-21-15-14-16-22-36)32-45(47(44)51-11)50(9,10)43(46)30-39;1-12-11-8-4-6-9-5-2-3-7-10(9)11;2*1-2/h12-32,51H,1-4H2,5-11H3;2-8,12H,1H3;2*1-2H3/b28-27-,35-20+;;;. The van der Waals surface area contributed by atoms with E-state index in [1.807, 2.05) is 53.9 Å². The molecule has 1 aliphatic rings. The van der Waals surface area contributed by atoms with E-state index < -0.39 is 16.2 Å². The van der Waals surface area contributed by atoms with Crippen LogP contribution in [0.1, 0.15) is 108 Å². The molecular formula is C65H74N2. The average Bonchev–Trinajstić information content (AvgIpc) is 3.37. The zero-order chi connectivity index (χ0) is 49.1. The van der Waals surface area contributed by atoms with Crippen LogP contribution in [-0.4, -0.2) is 14.1 Å². The molecule has 0 spiro atoms. The number of benzene rings is 7. The van der Waals surface area contributed by atoms with Gasteiger partial charge in [-0.05, 0) is 113 Å². The van der Waals surface area contributed by atoms with Crippen molar-refractivity contribution >= 4 is 50.1 Å². The van der Waals surface area contributed by atoms with Gasteiger partial charge in [0.1, 0.15) is 0 Å². The minimum atomic E-state index is -0.427. The summed E-state index contributed by atoms with van der Waals surface area (Å²) in [5.74, 6) is 0. The van der Waals surface area contributed by atoms with Gasteiger partial charge in [0, 0.05) is 47.1 Å². The van der Waals surface area contributed by atoms with Crippen molar-refractivity contribution in [2.24, 2.45) is 0 Å². The van der Waals surface area contributed by atoms with Gasteiger partial charge in [-0.1, -0.05) is 235 Å². The number of hydrogen-bond acceptors (Lipinski definition) is 2. The van der Waals surface area contributed by atoms with E-state index in [2.05, 4.69) is 230 Å². The third kappa shape index (κ3) is 10.3. The van der Waals surface area contributed by atoms with Crippen LogP contribution in [0.5, 0.6) is 0 Å². The Labute approximate surface area is 404 Å². The molecule has 0 atom stereocenters. The predicted molar refractivity (Wildman–Crippen MR) is 302 cm³/mol. The summed E-state index contributed by atoms with van der Waals surface area (Å²) in [5, 5.41) is 11.8. The second-order valence-corrected chi connectivity index (χ2v) is 18.1. The first-order valence-corrected chi connectivity index (χ1v) is 24.0. The van der Waals surface area contributed by atoms with Crippen LogP contribution in [0, 0.1) is 0 Å². The highest BCUT2D eigenvalue weighted by Gasteiger charge is 2.42. The third-order valence-corrected chi connectivity index (χ3v) is 13.4. The van der Waals surface area contributed by atoms with E-state index in [0.29, 0.717) is 0 Å². The van der Waals surface area contributed by atoms with E-state index >= 15 is 0 Å². The zero-order valence-corrected chi connectivity index (χ0v) is 42.5. The van der Waals surface area contributed by atoms with Crippen molar-refractivity contribution < 1.29 is 0 Å². The maximum atomic E-state index is 4.95. The van der Waals surface area contributed by atoms with Gasteiger partial charge >= 0.3 is 0 Å². The Hall–Kier alpha value is -6.90. The molecule has 0 aromatic heterocycles. The highest BCUT2D eigenvalue weighted by atomic mass is 14.8. The first-order valence-electron chi connectivity index (χ1n) is 24.0. The van der Waals surface area contributed by atoms with Crippen LogP contribution < -0.4 is 10.6 Å². The Kier molecular flexibility index (Phi) is 16.8. The fraction of sp³-hybridized carbons (Fsp3) is 0.231. The van der Waals surface area contributed by atoms with Gasteiger partial charge in [0.2, 0.25) is 0 Å². The van der Waals surface area contributed by atoms with Crippen LogP contribution in [0.4, 0.5) is 11.4 Å². The van der Waals surface area contributed by atoms with E-state index in [9.17, 15) is 0 Å². The van der Waals surface area contributed by atoms with Gasteiger partial charge in [0.15, 0.2) is 0 Å². The van der Waals surface area contributed by atoms with Crippen molar-refractivity contribution in [1.82, 2.24) is 0 Å². The average molecular weight is 883 g/mol. The summed E-state index contributed by atoms with van der Waals surface area (Å²) < 4.78 is 0. The topological polar surface area (TPSA) is 24.1 Å². The Bertz CT molecular complexity index is 2940. The quantitative estimate of drug-likeness (QED) is 0.134. The highest BCUT2D eigenvalue weighted by Crippen LogP contribution is 2.55. The van der Waals surface area contributed by atoms with E-state index in [-0.39, 0.29) is 0 Å². The van der Waals surface area contributed by atoms with Gasteiger partial charge in [-0.15, -0.1) is 0 Å². The summed E-state index contributed by atoms with van der Waals surface area (Å²) in [6, 6.07) is 49.9. The predicted octanol–water partition coefficient (Wildman–Crippen LogP) is 18.4. The largest absolute Gasteiger partial charge is 0.388 e. The van der Waals surface area contributed by atoms with Gasteiger partial charge in [-0.3, -0.25) is 0 Å². The lowest BCUT2D eigenvalue weighted by Crippen LogP contribution is -2.33. The summed E-state index contributed by atoms with van der Waals surface area (Å²) in [4.78, 5) is 0. The van der Waals surface area contributed by atoms with Crippen molar-refractivity contribution in [2.45, 2.75) is 85.5 Å². The Morgan fingerprint density at radius 1 is 0.597 bits per heavy atom. The van der Waals surface area contributed by atoms with E-state index in [1.54, 1.807) is 0 Å². The first-order chi connectivity index (χ1) is 32.2. The van der Waals surface area contributed by atoms with Crippen molar-refractivity contribution in [3.63, 3.8) is 0 Å². The minimum Gasteiger partial charge on any atom is -0.388 e. The molecule has 1 aliphatic carbocycles. The molecule has 2 nitrogen and oxygen atoms in total. The van der Waals surface area contributed by atoms with Crippen LogP contribution in [0.3, 0.4) is 0 Å². The number of rotatable bonds is 10. The maximum Gasteiger partial charge on any atom is 0.0421 e. The number of hydrogen-bond donors (Lipinski definition) is 2. The number of allylic oxidation sites excluding steroid dienone is 7. The van der Waals surface area contributed by atoms with Crippen molar-refractivity contribution in [3.8, 4) is 11.1 Å². The van der Waals surface area contributed by atoms with E-state index in [4.69, 9.17) is 6.58 Å². The third-order valence-electron chi connectivity index (χ3n) is 13.4.